The molecule has 0 bridgehead atoms. The molecule has 0 N–H and O–H groups in total. The number of carbonyl (C=O) groups is 1. The molecule has 140 valence electrons. The van der Waals surface area contributed by atoms with Gasteiger partial charge in [-0.2, -0.15) is 0 Å². The summed E-state index contributed by atoms with van der Waals surface area (Å²) in [5, 5.41) is 0. The largest absolute Gasteiger partial charge is 0.464 e. The zero-order valence-electron chi connectivity index (χ0n) is 16.3. The van der Waals surface area contributed by atoms with E-state index in [1.807, 2.05) is 38.1 Å². The summed E-state index contributed by atoms with van der Waals surface area (Å²) in [4.78, 5) is 17.0. The minimum atomic E-state index is 0.164. The van der Waals surface area contributed by atoms with E-state index in [0.29, 0.717) is 19.5 Å². The van der Waals surface area contributed by atoms with Crippen LogP contribution in [0.5, 0.6) is 0 Å². The Hall–Kier alpha value is -2.07. The van der Waals surface area contributed by atoms with Crippen LogP contribution in [0.25, 0.3) is 0 Å². The Bertz CT molecular complexity index is 748. The minimum Gasteiger partial charge on any atom is -0.464 e. The standard InChI is InChI=1S/C22H30N2O2/c1-17-8-11-21(26-17)16-24(13-12-23(2)3)22(25)15-18-9-10-19-6-4-5-7-20(19)14-18/h8-11,14H,4-7,12-13,15-16H2,1-3H3. The molecule has 4 heteroatoms. The Balaban J connectivity index is 1.69. The zero-order valence-corrected chi connectivity index (χ0v) is 16.3. The summed E-state index contributed by atoms with van der Waals surface area (Å²) in [6.45, 7) is 4.01. The van der Waals surface area contributed by atoms with E-state index in [1.165, 1.54) is 30.4 Å². The molecule has 2 aromatic rings. The predicted octanol–water partition coefficient (Wildman–Crippen LogP) is 3.60. The maximum Gasteiger partial charge on any atom is 0.227 e. The number of rotatable bonds is 7. The van der Waals surface area contributed by atoms with Crippen molar-refractivity contribution in [3.8, 4) is 0 Å². The molecule has 1 heterocycles. The van der Waals surface area contributed by atoms with Gasteiger partial charge < -0.3 is 14.2 Å². The van der Waals surface area contributed by atoms with Crippen molar-refractivity contribution >= 4 is 5.91 Å². The summed E-state index contributed by atoms with van der Waals surface area (Å²) in [6.07, 6.45) is 5.33. The number of hydrogen-bond donors (Lipinski definition) is 0. The second-order valence-electron chi connectivity index (χ2n) is 7.62. The van der Waals surface area contributed by atoms with Gasteiger partial charge in [0.25, 0.3) is 0 Å². The van der Waals surface area contributed by atoms with Gasteiger partial charge in [-0.1, -0.05) is 18.2 Å². The van der Waals surface area contributed by atoms with Crippen molar-refractivity contribution in [1.29, 1.82) is 0 Å². The van der Waals surface area contributed by atoms with Gasteiger partial charge in [0.05, 0.1) is 13.0 Å². The van der Waals surface area contributed by atoms with Gasteiger partial charge in [0, 0.05) is 13.1 Å². The van der Waals surface area contributed by atoms with Crippen LogP contribution < -0.4 is 0 Å². The van der Waals surface area contributed by atoms with Crippen LogP contribution in [-0.2, 0) is 30.6 Å². The molecule has 1 amide bonds. The van der Waals surface area contributed by atoms with Crippen molar-refractivity contribution in [3.05, 3.63) is 58.5 Å². The fraction of sp³-hybridized carbons (Fsp3) is 0.500. The Morgan fingerprint density at radius 2 is 1.81 bits per heavy atom. The molecule has 4 nitrogen and oxygen atoms in total. The van der Waals surface area contributed by atoms with Crippen LogP contribution in [0.2, 0.25) is 0 Å². The summed E-state index contributed by atoms with van der Waals surface area (Å²) < 4.78 is 5.69. The normalized spacial score (nSPS) is 13.7. The summed E-state index contributed by atoms with van der Waals surface area (Å²) >= 11 is 0. The molecule has 3 rings (SSSR count). The maximum atomic E-state index is 13.0. The Kier molecular flexibility index (Phi) is 6.15. The molecule has 0 unspecified atom stereocenters. The summed E-state index contributed by atoms with van der Waals surface area (Å²) in [6, 6.07) is 10.5. The van der Waals surface area contributed by atoms with Crippen molar-refractivity contribution in [1.82, 2.24) is 9.80 Å². The third-order valence-corrected chi connectivity index (χ3v) is 5.08. The van der Waals surface area contributed by atoms with E-state index >= 15 is 0 Å². The molecule has 0 aliphatic heterocycles. The number of likely N-dealkylation sites (N-methyl/N-ethyl adjacent to an activating group) is 1. The topological polar surface area (TPSA) is 36.7 Å². The highest BCUT2D eigenvalue weighted by molar-refractivity contribution is 5.78. The lowest BCUT2D eigenvalue weighted by atomic mass is 9.90. The van der Waals surface area contributed by atoms with E-state index in [4.69, 9.17) is 4.42 Å². The molecule has 0 radical (unpaired) electrons. The molecule has 0 saturated carbocycles. The smallest absolute Gasteiger partial charge is 0.227 e. The van der Waals surface area contributed by atoms with Gasteiger partial charge in [-0.05, 0) is 75.5 Å². The van der Waals surface area contributed by atoms with Crippen LogP contribution in [-0.4, -0.2) is 42.9 Å². The van der Waals surface area contributed by atoms with Gasteiger partial charge in [-0.15, -0.1) is 0 Å². The van der Waals surface area contributed by atoms with Crippen LogP contribution in [0, 0.1) is 6.92 Å². The van der Waals surface area contributed by atoms with Crippen molar-refractivity contribution in [2.24, 2.45) is 0 Å². The van der Waals surface area contributed by atoms with Crippen molar-refractivity contribution in [2.45, 2.75) is 45.6 Å². The second kappa shape index (κ2) is 8.54. The predicted molar refractivity (Wildman–Crippen MR) is 104 cm³/mol. The monoisotopic (exact) mass is 354 g/mol. The summed E-state index contributed by atoms with van der Waals surface area (Å²) in [7, 11) is 4.06. The number of furan rings is 1. The van der Waals surface area contributed by atoms with Crippen LogP contribution in [0.4, 0.5) is 0 Å². The molecule has 0 fully saturated rings. The van der Waals surface area contributed by atoms with Crippen LogP contribution >= 0.6 is 0 Å². The third kappa shape index (κ3) is 4.98. The van der Waals surface area contributed by atoms with E-state index in [-0.39, 0.29) is 5.91 Å². The molecule has 1 aliphatic carbocycles. The summed E-state index contributed by atoms with van der Waals surface area (Å²) in [5.74, 6) is 1.89. The number of aryl methyl sites for hydroxylation is 3. The molecule has 1 aromatic heterocycles. The van der Waals surface area contributed by atoms with Crippen LogP contribution in [0.3, 0.4) is 0 Å². The fourth-order valence-electron chi connectivity index (χ4n) is 3.55. The number of amides is 1. The van der Waals surface area contributed by atoms with E-state index in [9.17, 15) is 4.79 Å². The van der Waals surface area contributed by atoms with Gasteiger partial charge in [0.1, 0.15) is 11.5 Å². The minimum absolute atomic E-state index is 0.164. The van der Waals surface area contributed by atoms with Crippen molar-refractivity contribution in [3.63, 3.8) is 0 Å². The number of fused-ring (bicyclic) bond motifs is 1. The van der Waals surface area contributed by atoms with Crippen molar-refractivity contribution in [2.75, 3.05) is 27.2 Å². The number of nitrogens with zero attached hydrogens (tertiary/aromatic N) is 2. The highest BCUT2D eigenvalue weighted by atomic mass is 16.3. The fourth-order valence-corrected chi connectivity index (χ4v) is 3.55. The first-order chi connectivity index (χ1) is 12.5. The first-order valence-electron chi connectivity index (χ1n) is 9.60. The molecular formula is C22H30N2O2. The molecule has 0 saturated heterocycles. The molecular weight excluding hydrogens is 324 g/mol. The van der Waals surface area contributed by atoms with Gasteiger partial charge in [0.15, 0.2) is 0 Å². The van der Waals surface area contributed by atoms with E-state index < -0.39 is 0 Å². The van der Waals surface area contributed by atoms with Crippen LogP contribution in [0.1, 0.15) is 41.1 Å². The molecule has 0 spiro atoms. The van der Waals surface area contributed by atoms with Crippen molar-refractivity contribution < 1.29 is 9.21 Å². The van der Waals surface area contributed by atoms with Gasteiger partial charge in [0.2, 0.25) is 5.91 Å². The van der Waals surface area contributed by atoms with E-state index in [0.717, 1.165) is 30.0 Å². The molecule has 0 atom stereocenters. The average molecular weight is 354 g/mol. The highest BCUT2D eigenvalue weighted by Crippen LogP contribution is 2.23. The van der Waals surface area contributed by atoms with Gasteiger partial charge >= 0.3 is 0 Å². The Morgan fingerprint density at radius 3 is 2.50 bits per heavy atom. The lowest BCUT2D eigenvalue weighted by Crippen LogP contribution is -2.37. The van der Waals surface area contributed by atoms with Gasteiger partial charge in [-0.25, -0.2) is 0 Å². The number of hydrogen-bond acceptors (Lipinski definition) is 3. The van der Waals surface area contributed by atoms with Crippen LogP contribution in [0.15, 0.2) is 34.7 Å². The van der Waals surface area contributed by atoms with Gasteiger partial charge in [-0.3, -0.25) is 4.79 Å². The Morgan fingerprint density at radius 1 is 1.04 bits per heavy atom. The molecule has 1 aliphatic rings. The zero-order chi connectivity index (χ0) is 18.5. The number of carbonyl (C=O) groups excluding carboxylic acids is 1. The third-order valence-electron chi connectivity index (χ3n) is 5.08. The Labute approximate surface area is 156 Å². The summed E-state index contributed by atoms with van der Waals surface area (Å²) in [5.41, 5.74) is 4.02. The first kappa shape index (κ1) is 18.7. The first-order valence-corrected chi connectivity index (χ1v) is 9.60. The molecule has 26 heavy (non-hydrogen) atoms. The lowest BCUT2D eigenvalue weighted by Gasteiger charge is -2.24. The average Bonchev–Trinajstić information content (AvgIpc) is 3.03. The number of benzene rings is 1. The lowest BCUT2D eigenvalue weighted by molar-refractivity contribution is -0.131. The van der Waals surface area contributed by atoms with E-state index in [1.54, 1.807) is 0 Å². The van der Waals surface area contributed by atoms with E-state index in [2.05, 4.69) is 23.1 Å². The second-order valence-corrected chi connectivity index (χ2v) is 7.62. The highest BCUT2D eigenvalue weighted by Gasteiger charge is 2.18. The maximum absolute atomic E-state index is 13.0. The quantitative estimate of drug-likeness (QED) is 0.762. The SMILES string of the molecule is Cc1ccc(CN(CCN(C)C)C(=O)Cc2ccc3c(c2)CCCC3)o1. The molecule has 1 aromatic carbocycles.